The van der Waals surface area contributed by atoms with Crippen molar-refractivity contribution in [3.05, 3.63) is 35.4 Å². The fourth-order valence-electron chi connectivity index (χ4n) is 1.64. The van der Waals surface area contributed by atoms with Gasteiger partial charge in [-0.1, -0.05) is 45.0 Å². The highest BCUT2D eigenvalue weighted by atomic mass is 16.4. The van der Waals surface area contributed by atoms with Gasteiger partial charge in [-0.15, -0.1) is 0 Å². The first-order valence-electron chi connectivity index (χ1n) is 5.94. The van der Waals surface area contributed by atoms with Crippen molar-refractivity contribution in [2.24, 2.45) is 5.73 Å². The van der Waals surface area contributed by atoms with Gasteiger partial charge in [0.25, 0.3) is 0 Å². The third-order valence-electron chi connectivity index (χ3n) is 3.39. The zero-order valence-corrected chi connectivity index (χ0v) is 10.7. The maximum atomic E-state index is 10.7. The monoisotopic (exact) mass is 235 g/mol. The predicted molar refractivity (Wildman–Crippen MR) is 69.1 cm³/mol. The number of nitrogens with two attached hydrogens (primary N) is 1. The predicted octanol–water partition coefficient (Wildman–Crippen LogP) is 2.33. The smallest absolute Gasteiger partial charge is 0.320 e. The van der Waals surface area contributed by atoms with Crippen LogP contribution >= 0.6 is 0 Å². The van der Waals surface area contributed by atoms with Crippen molar-refractivity contribution in [3.8, 4) is 0 Å². The zero-order valence-electron chi connectivity index (χ0n) is 10.7. The lowest BCUT2D eigenvalue weighted by molar-refractivity contribution is -0.138. The van der Waals surface area contributed by atoms with E-state index in [1.165, 1.54) is 5.56 Å². The Kier molecular flexibility index (Phi) is 4.29. The molecule has 94 valence electrons. The molecule has 1 aromatic carbocycles. The summed E-state index contributed by atoms with van der Waals surface area (Å²) in [6, 6.07) is 7.24. The SMILES string of the molecule is CCC(C)(C)c1ccc(CC(N)C(=O)O)cc1. The van der Waals surface area contributed by atoms with Crippen LogP contribution in [-0.2, 0) is 16.6 Å². The van der Waals surface area contributed by atoms with Crippen LogP contribution in [-0.4, -0.2) is 17.1 Å². The van der Waals surface area contributed by atoms with Gasteiger partial charge in [0.1, 0.15) is 6.04 Å². The number of carboxylic acids is 1. The molecule has 0 bridgehead atoms. The van der Waals surface area contributed by atoms with Crippen molar-refractivity contribution in [2.75, 3.05) is 0 Å². The van der Waals surface area contributed by atoms with Gasteiger partial charge in [-0.05, 0) is 29.4 Å². The minimum atomic E-state index is -0.956. The molecule has 1 aromatic rings. The van der Waals surface area contributed by atoms with Crippen LogP contribution in [0.5, 0.6) is 0 Å². The average Bonchev–Trinajstić information content (AvgIpc) is 2.29. The van der Waals surface area contributed by atoms with Crippen molar-refractivity contribution < 1.29 is 9.90 Å². The molecule has 0 saturated heterocycles. The van der Waals surface area contributed by atoms with Crippen LogP contribution in [0.3, 0.4) is 0 Å². The largest absolute Gasteiger partial charge is 0.480 e. The lowest BCUT2D eigenvalue weighted by Crippen LogP contribution is -2.32. The molecule has 0 heterocycles. The van der Waals surface area contributed by atoms with E-state index in [2.05, 4.69) is 32.9 Å². The normalized spacial score (nSPS) is 13.4. The molecular weight excluding hydrogens is 214 g/mol. The number of benzene rings is 1. The Bertz CT molecular complexity index is 382. The fourth-order valence-corrected chi connectivity index (χ4v) is 1.64. The molecule has 0 spiro atoms. The number of carbonyl (C=O) groups is 1. The van der Waals surface area contributed by atoms with Crippen LogP contribution in [0.4, 0.5) is 0 Å². The first kappa shape index (κ1) is 13.7. The Labute approximate surface area is 103 Å². The van der Waals surface area contributed by atoms with Crippen molar-refractivity contribution in [1.29, 1.82) is 0 Å². The van der Waals surface area contributed by atoms with E-state index in [-0.39, 0.29) is 5.41 Å². The van der Waals surface area contributed by atoms with Crippen LogP contribution < -0.4 is 5.73 Å². The summed E-state index contributed by atoms with van der Waals surface area (Å²) >= 11 is 0. The minimum absolute atomic E-state index is 0.160. The molecule has 17 heavy (non-hydrogen) atoms. The number of carboxylic acid groups (broad SMARTS) is 1. The molecule has 3 nitrogen and oxygen atoms in total. The van der Waals surface area contributed by atoms with Crippen LogP contribution in [0.25, 0.3) is 0 Å². The molecule has 1 rings (SSSR count). The fraction of sp³-hybridized carbons (Fsp3) is 0.500. The van der Waals surface area contributed by atoms with Gasteiger partial charge in [-0.3, -0.25) is 4.79 Å². The quantitative estimate of drug-likeness (QED) is 0.823. The second-order valence-corrected chi connectivity index (χ2v) is 5.08. The zero-order chi connectivity index (χ0) is 13.1. The molecule has 0 aliphatic carbocycles. The average molecular weight is 235 g/mol. The first-order chi connectivity index (χ1) is 7.86. The number of rotatable bonds is 5. The van der Waals surface area contributed by atoms with E-state index < -0.39 is 12.0 Å². The topological polar surface area (TPSA) is 63.3 Å². The van der Waals surface area contributed by atoms with Crippen molar-refractivity contribution in [3.63, 3.8) is 0 Å². The summed E-state index contributed by atoms with van der Waals surface area (Å²) in [6.07, 6.45) is 1.45. The van der Waals surface area contributed by atoms with E-state index in [1.54, 1.807) is 0 Å². The minimum Gasteiger partial charge on any atom is -0.480 e. The van der Waals surface area contributed by atoms with Crippen LogP contribution in [0, 0.1) is 0 Å². The molecule has 1 atom stereocenters. The van der Waals surface area contributed by atoms with Gasteiger partial charge < -0.3 is 10.8 Å². The first-order valence-corrected chi connectivity index (χ1v) is 5.94. The van der Waals surface area contributed by atoms with E-state index in [4.69, 9.17) is 10.8 Å². The lowest BCUT2D eigenvalue weighted by Gasteiger charge is -2.23. The van der Waals surface area contributed by atoms with Crippen molar-refractivity contribution in [2.45, 2.75) is 45.1 Å². The molecule has 0 aromatic heterocycles. The third-order valence-corrected chi connectivity index (χ3v) is 3.39. The molecule has 0 amide bonds. The van der Waals surface area contributed by atoms with E-state index in [9.17, 15) is 4.79 Å². The second kappa shape index (κ2) is 5.32. The Morgan fingerprint density at radius 3 is 2.29 bits per heavy atom. The van der Waals surface area contributed by atoms with E-state index >= 15 is 0 Å². The third kappa shape index (κ3) is 3.56. The van der Waals surface area contributed by atoms with Gasteiger partial charge in [0.05, 0.1) is 0 Å². The lowest BCUT2D eigenvalue weighted by atomic mass is 9.82. The Morgan fingerprint density at radius 2 is 1.88 bits per heavy atom. The molecule has 0 aliphatic heterocycles. The van der Waals surface area contributed by atoms with E-state index in [0.29, 0.717) is 6.42 Å². The Balaban J connectivity index is 2.78. The molecular formula is C14H21NO2. The maximum absolute atomic E-state index is 10.7. The van der Waals surface area contributed by atoms with Gasteiger partial charge in [-0.2, -0.15) is 0 Å². The van der Waals surface area contributed by atoms with Gasteiger partial charge in [0.2, 0.25) is 0 Å². The molecule has 3 N–H and O–H groups in total. The Morgan fingerprint density at radius 1 is 1.35 bits per heavy atom. The highest BCUT2D eigenvalue weighted by Gasteiger charge is 2.18. The highest BCUT2D eigenvalue weighted by molar-refractivity contribution is 5.73. The molecule has 0 saturated carbocycles. The molecule has 3 heteroatoms. The summed E-state index contributed by atoms with van der Waals surface area (Å²) in [5.74, 6) is -0.956. The summed E-state index contributed by atoms with van der Waals surface area (Å²) in [7, 11) is 0. The molecule has 0 aliphatic rings. The Hall–Kier alpha value is -1.35. The number of aliphatic carboxylic acids is 1. The number of hydrogen-bond acceptors (Lipinski definition) is 2. The molecule has 0 radical (unpaired) electrons. The van der Waals surface area contributed by atoms with Crippen LogP contribution in [0.2, 0.25) is 0 Å². The van der Waals surface area contributed by atoms with Gasteiger partial charge in [0.15, 0.2) is 0 Å². The van der Waals surface area contributed by atoms with Gasteiger partial charge in [0, 0.05) is 0 Å². The second-order valence-electron chi connectivity index (χ2n) is 5.08. The summed E-state index contributed by atoms with van der Waals surface area (Å²) in [5, 5.41) is 8.74. The van der Waals surface area contributed by atoms with Crippen LogP contribution in [0.15, 0.2) is 24.3 Å². The van der Waals surface area contributed by atoms with Crippen molar-refractivity contribution >= 4 is 5.97 Å². The van der Waals surface area contributed by atoms with Crippen molar-refractivity contribution in [1.82, 2.24) is 0 Å². The summed E-state index contributed by atoms with van der Waals surface area (Å²) in [5.41, 5.74) is 7.90. The summed E-state index contributed by atoms with van der Waals surface area (Å²) in [4.78, 5) is 10.7. The standard InChI is InChI=1S/C14H21NO2/c1-4-14(2,3)11-7-5-10(6-8-11)9-12(15)13(16)17/h5-8,12H,4,9,15H2,1-3H3,(H,16,17). The van der Waals surface area contributed by atoms with Crippen LogP contribution in [0.1, 0.15) is 38.3 Å². The number of hydrogen-bond donors (Lipinski definition) is 2. The molecule has 0 fully saturated rings. The maximum Gasteiger partial charge on any atom is 0.320 e. The summed E-state index contributed by atoms with van der Waals surface area (Å²) in [6.45, 7) is 6.56. The highest BCUT2D eigenvalue weighted by Crippen LogP contribution is 2.26. The van der Waals surface area contributed by atoms with Gasteiger partial charge in [-0.25, -0.2) is 0 Å². The van der Waals surface area contributed by atoms with Gasteiger partial charge >= 0.3 is 5.97 Å². The summed E-state index contributed by atoms with van der Waals surface area (Å²) < 4.78 is 0. The molecule has 1 unspecified atom stereocenters. The van der Waals surface area contributed by atoms with E-state index in [1.807, 2.05) is 12.1 Å². The van der Waals surface area contributed by atoms with E-state index in [0.717, 1.165) is 12.0 Å².